The molecular weight excluding hydrogens is 374 g/mol. The highest BCUT2D eigenvalue weighted by atomic mass is 16.5. The summed E-state index contributed by atoms with van der Waals surface area (Å²) in [7, 11) is 1.69. The first kappa shape index (κ1) is 18.6. The van der Waals surface area contributed by atoms with Gasteiger partial charge in [-0.05, 0) is 67.8 Å². The van der Waals surface area contributed by atoms with E-state index in [1.165, 1.54) is 11.1 Å². The van der Waals surface area contributed by atoms with E-state index in [4.69, 9.17) is 9.47 Å². The van der Waals surface area contributed by atoms with E-state index in [1.807, 2.05) is 30.3 Å². The average Bonchev–Trinajstić information content (AvgIpc) is 2.71. The van der Waals surface area contributed by atoms with Crippen LogP contribution in [0.2, 0.25) is 0 Å². The number of fused-ring (bicyclic) bond motifs is 5. The van der Waals surface area contributed by atoms with Crippen molar-refractivity contribution in [2.75, 3.05) is 12.4 Å². The molecule has 3 aromatic rings. The fourth-order valence-electron chi connectivity index (χ4n) is 4.75. The highest BCUT2D eigenvalue weighted by molar-refractivity contribution is 5.91. The van der Waals surface area contributed by atoms with Crippen LogP contribution in [0.1, 0.15) is 43.6 Å². The zero-order chi connectivity index (χ0) is 21.0. The predicted molar refractivity (Wildman–Crippen MR) is 120 cm³/mol. The topological polar surface area (TPSA) is 50.7 Å². The van der Waals surface area contributed by atoms with Gasteiger partial charge in [-0.25, -0.2) is 0 Å². The van der Waals surface area contributed by atoms with E-state index < -0.39 is 0 Å². The molecule has 0 amide bonds. The number of ether oxygens (including phenoxy) is 2. The normalized spacial score (nSPS) is 18.1. The summed E-state index contributed by atoms with van der Waals surface area (Å²) in [5.41, 5.74) is 7.57. The Balaban J connectivity index is 1.82. The van der Waals surface area contributed by atoms with Gasteiger partial charge in [-0.2, -0.15) is 0 Å². The molecule has 0 spiro atoms. The Kier molecular flexibility index (Phi) is 4.07. The summed E-state index contributed by atoms with van der Waals surface area (Å²) in [5.74, 6) is 1.83. The molecule has 0 bridgehead atoms. The number of hydrogen-bond acceptors (Lipinski definition) is 4. The van der Waals surface area contributed by atoms with Gasteiger partial charge >= 0.3 is 0 Å². The van der Waals surface area contributed by atoms with E-state index in [0.29, 0.717) is 0 Å². The Morgan fingerprint density at radius 3 is 2.50 bits per heavy atom. The molecule has 30 heavy (non-hydrogen) atoms. The molecule has 0 fully saturated rings. The van der Waals surface area contributed by atoms with Crippen molar-refractivity contribution < 1.29 is 14.6 Å². The van der Waals surface area contributed by atoms with Crippen LogP contribution in [0.25, 0.3) is 16.7 Å². The van der Waals surface area contributed by atoms with Crippen molar-refractivity contribution in [3.8, 4) is 28.4 Å². The first-order valence-corrected chi connectivity index (χ1v) is 10.2. The largest absolute Gasteiger partial charge is 0.508 e. The second kappa shape index (κ2) is 6.56. The van der Waals surface area contributed by atoms with Gasteiger partial charge in [-0.1, -0.05) is 30.3 Å². The summed E-state index contributed by atoms with van der Waals surface area (Å²) in [6.45, 7) is 6.50. The molecule has 4 nitrogen and oxygen atoms in total. The minimum absolute atomic E-state index is 0.121. The van der Waals surface area contributed by atoms with Crippen molar-refractivity contribution in [2.45, 2.75) is 32.4 Å². The Morgan fingerprint density at radius 1 is 1.00 bits per heavy atom. The zero-order valence-corrected chi connectivity index (χ0v) is 17.6. The number of allylic oxidation sites excluding steroid dienone is 1. The van der Waals surface area contributed by atoms with Crippen molar-refractivity contribution in [3.05, 3.63) is 77.4 Å². The number of methoxy groups -OCH3 is 1. The number of phenolic OH excluding ortho intramolecular Hbond substituents is 1. The van der Waals surface area contributed by atoms with E-state index >= 15 is 0 Å². The molecule has 2 aliphatic heterocycles. The first-order valence-electron chi connectivity index (χ1n) is 10.2. The summed E-state index contributed by atoms with van der Waals surface area (Å²) in [5, 5.41) is 13.4. The molecule has 0 aliphatic carbocycles. The molecule has 1 atom stereocenters. The molecule has 0 aromatic heterocycles. The maximum atomic E-state index is 9.79. The fraction of sp³-hybridized carbons (Fsp3) is 0.231. The highest BCUT2D eigenvalue weighted by Crippen LogP contribution is 2.53. The summed E-state index contributed by atoms with van der Waals surface area (Å²) in [6.07, 6.45) is 1.97. The smallest absolute Gasteiger partial charge is 0.150 e. The second-order valence-corrected chi connectivity index (χ2v) is 8.55. The van der Waals surface area contributed by atoms with Gasteiger partial charge in [0.1, 0.15) is 17.2 Å². The number of benzene rings is 3. The lowest BCUT2D eigenvalue weighted by atomic mass is 9.80. The standard InChI is InChI=1S/C26H25NO3/c1-15-14-26(2,3)27-19-13-12-18-23-20(29-4)6-5-7-21(23)30-25(24(18)22(15)19)16-8-10-17(28)11-9-16/h5-14,25,27-28H,1-4H3. The summed E-state index contributed by atoms with van der Waals surface area (Å²) >= 11 is 0. The van der Waals surface area contributed by atoms with Crippen molar-refractivity contribution in [3.63, 3.8) is 0 Å². The molecule has 3 aromatic carbocycles. The maximum Gasteiger partial charge on any atom is 0.150 e. The summed E-state index contributed by atoms with van der Waals surface area (Å²) in [6, 6.07) is 17.5. The molecule has 1 unspecified atom stereocenters. The minimum Gasteiger partial charge on any atom is -0.508 e. The van der Waals surface area contributed by atoms with E-state index in [2.05, 4.69) is 44.3 Å². The third-order valence-electron chi connectivity index (χ3n) is 5.85. The van der Waals surface area contributed by atoms with E-state index in [0.717, 1.165) is 39.4 Å². The van der Waals surface area contributed by atoms with Crippen LogP contribution in [0, 0.1) is 0 Å². The van der Waals surface area contributed by atoms with Gasteiger partial charge in [0, 0.05) is 16.8 Å². The molecule has 2 aliphatic rings. The van der Waals surface area contributed by atoms with Crippen LogP contribution in [-0.2, 0) is 0 Å². The zero-order valence-electron chi connectivity index (χ0n) is 17.6. The van der Waals surface area contributed by atoms with Gasteiger partial charge in [-0.3, -0.25) is 0 Å². The summed E-state index contributed by atoms with van der Waals surface area (Å²) in [4.78, 5) is 0. The van der Waals surface area contributed by atoms with Gasteiger partial charge in [-0.15, -0.1) is 0 Å². The molecule has 0 radical (unpaired) electrons. The number of aromatic hydroxyl groups is 1. The van der Waals surface area contributed by atoms with Crippen LogP contribution in [0.5, 0.6) is 17.2 Å². The van der Waals surface area contributed by atoms with Crippen molar-refractivity contribution in [1.29, 1.82) is 0 Å². The molecule has 5 rings (SSSR count). The Labute approximate surface area is 176 Å². The van der Waals surface area contributed by atoms with Crippen molar-refractivity contribution in [2.24, 2.45) is 0 Å². The first-order chi connectivity index (χ1) is 14.4. The lowest BCUT2D eigenvalue weighted by Crippen LogP contribution is -2.32. The third-order valence-corrected chi connectivity index (χ3v) is 5.85. The number of nitrogens with one attached hydrogen (secondary N) is 1. The third kappa shape index (κ3) is 2.83. The van der Waals surface area contributed by atoms with Crippen LogP contribution in [-0.4, -0.2) is 17.8 Å². The van der Waals surface area contributed by atoms with Crippen molar-refractivity contribution >= 4 is 11.3 Å². The quantitative estimate of drug-likeness (QED) is 0.542. The van der Waals surface area contributed by atoms with E-state index in [1.54, 1.807) is 19.2 Å². The molecule has 2 N–H and O–H groups in total. The van der Waals surface area contributed by atoms with Gasteiger partial charge in [0.05, 0.1) is 18.2 Å². The van der Waals surface area contributed by atoms with Gasteiger partial charge in [0.15, 0.2) is 6.10 Å². The van der Waals surface area contributed by atoms with Crippen LogP contribution >= 0.6 is 0 Å². The average molecular weight is 399 g/mol. The van der Waals surface area contributed by atoms with Gasteiger partial charge in [0.2, 0.25) is 0 Å². The Morgan fingerprint density at radius 2 is 1.77 bits per heavy atom. The molecule has 152 valence electrons. The Hall–Kier alpha value is -3.40. The van der Waals surface area contributed by atoms with Gasteiger partial charge in [0.25, 0.3) is 0 Å². The van der Waals surface area contributed by atoms with Crippen LogP contribution in [0.4, 0.5) is 5.69 Å². The lowest BCUT2D eigenvalue weighted by Gasteiger charge is -2.37. The number of rotatable bonds is 2. The maximum absolute atomic E-state index is 9.79. The molecule has 4 heteroatoms. The van der Waals surface area contributed by atoms with E-state index in [-0.39, 0.29) is 17.4 Å². The van der Waals surface area contributed by atoms with Crippen molar-refractivity contribution in [1.82, 2.24) is 0 Å². The van der Waals surface area contributed by atoms with Crippen LogP contribution in [0.3, 0.4) is 0 Å². The Bertz CT molecular complexity index is 1180. The molecular formula is C26H25NO3. The number of anilines is 1. The highest BCUT2D eigenvalue weighted by Gasteiger charge is 2.35. The minimum atomic E-state index is -0.290. The SMILES string of the molecule is COc1cccc2c1-c1ccc3c(c1C(c1ccc(O)cc1)O2)C(C)=CC(C)(C)N3. The molecule has 0 saturated heterocycles. The van der Waals surface area contributed by atoms with Crippen LogP contribution < -0.4 is 14.8 Å². The number of hydrogen-bond donors (Lipinski definition) is 2. The number of phenols is 1. The van der Waals surface area contributed by atoms with E-state index in [9.17, 15) is 5.11 Å². The lowest BCUT2D eigenvalue weighted by molar-refractivity contribution is 0.241. The summed E-state index contributed by atoms with van der Waals surface area (Å²) < 4.78 is 12.3. The molecule has 2 heterocycles. The van der Waals surface area contributed by atoms with Crippen LogP contribution in [0.15, 0.2) is 60.7 Å². The molecule has 0 saturated carbocycles. The predicted octanol–water partition coefficient (Wildman–Crippen LogP) is 6.16. The fourth-order valence-corrected chi connectivity index (χ4v) is 4.75. The van der Waals surface area contributed by atoms with Gasteiger partial charge < -0.3 is 19.9 Å². The second-order valence-electron chi connectivity index (χ2n) is 8.55. The monoisotopic (exact) mass is 399 g/mol.